The van der Waals surface area contributed by atoms with Crippen LogP contribution in [0.2, 0.25) is 0 Å². The van der Waals surface area contributed by atoms with Crippen molar-refractivity contribution < 1.29 is 19.1 Å². The number of carbonyl (C=O) groups excluding carboxylic acids is 2. The first-order chi connectivity index (χ1) is 10.7. The van der Waals surface area contributed by atoms with Crippen LogP contribution in [0, 0.1) is 0 Å². The lowest BCUT2D eigenvalue weighted by atomic mass is 10.2. The van der Waals surface area contributed by atoms with Gasteiger partial charge in [0.25, 0.3) is 5.91 Å². The van der Waals surface area contributed by atoms with Gasteiger partial charge in [0, 0.05) is 6.42 Å². The van der Waals surface area contributed by atoms with Gasteiger partial charge in [0.1, 0.15) is 5.75 Å². The van der Waals surface area contributed by atoms with Crippen molar-refractivity contribution >= 4 is 28.9 Å². The van der Waals surface area contributed by atoms with Crippen LogP contribution in [0.15, 0.2) is 41.1 Å². The Morgan fingerprint density at radius 1 is 1.23 bits per heavy atom. The number of esters is 1. The van der Waals surface area contributed by atoms with Crippen molar-refractivity contribution in [2.24, 2.45) is 0 Å². The van der Waals surface area contributed by atoms with Crippen LogP contribution < -0.4 is 10.1 Å². The van der Waals surface area contributed by atoms with Crippen LogP contribution in [-0.4, -0.2) is 25.6 Å². The molecule has 0 atom stereocenters. The third kappa shape index (κ3) is 4.89. The van der Waals surface area contributed by atoms with Gasteiger partial charge in [-0.25, -0.2) is 0 Å². The number of amides is 1. The molecule has 116 valence electrons. The fraction of sp³-hybridized carbons (Fsp3) is 0.250. The molecule has 1 heterocycles. The van der Waals surface area contributed by atoms with Gasteiger partial charge in [-0.05, 0) is 40.9 Å². The Balaban J connectivity index is 1.74. The lowest BCUT2D eigenvalue weighted by molar-refractivity contribution is -0.147. The average Bonchev–Trinajstić information content (AvgIpc) is 3.05. The third-order valence-corrected chi connectivity index (χ3v) is 3.68. The standard InChI is InChI=1S/C16H17NO4S/c1-20-14-5-3-2-4-13(14)17-15(18)10-21-16(19)7-6-12-8-9-22-11-12/h2-5,8-9,11H,6-7,10H2,1H3,(H,17,18). The second kappa shape index (κ2) is 8.19. The topological polar surface area (TPSA) is 64.6 Å². The van der Waals surface area contributed by atoms with E-state index in [1.165, 1.54) is 7.11 Å². The monoisotopic (exact) mass is 319 g/mol. The Hall–Kier alpha value is -2.34. The van der Waals surface area contributed by atoms with Gasteiger partial charge in [0.2, 0.25) is 0 Å². The number of hydrogen-bond donors (Lipinski definition) is 1. The fourth-order valence-corrected chi connectivity index (χ4v) is 2.54. The van der Waals surface area contributed by atoms with Gasteiger partial charge >= 0.3 is 5.97 Å². The minimum absolute atomic E-state index is 0.263. The number of para-hydroxylation sites is 2. The summed E-state index contributed by atoms with van der Waals surface area (Å²) in [6.07, 6.45) is 0.884. The number of nitrogens with one attached hydrogen (secondary N) is 1. The van der Waals surface area contributed by atoms with Crippen molar-refractivity contribution in [2.75, 3.05) is 19.0 Å². The second-order valence-corrected chi connectivity index (χ2v) is 5.32. The minimum atomic E-state index is -0.395. The summed E-state index contributed by atoms with van der Waals surface area (Å²) >= 11 is 1.59. The Kier molecular flexibility index (Phi) is 5.97. The molecule has 1 N–H and O–H groups in total. The molecule has 5 nitrogen and oxygen atoms in total. The van der Waals surface area contributed by atoms with Crippen LogP contribution in [0.4, 0.5) is 5.69 Å². The molecule has 2 aromatic rings. The molecule has 0 fully saturated rings. The number of rotatable bonds is 7. The highest BCUT2D eigenvalue weighted by molar-refractivity contribution is 7.07. The average molecular weight is 319 g/mol. The molecule has 1 amide bonds. The predicted octanol–water partition coefficient (Wildman–Crippen LogP) is 2.87. The smallest absolute Gasteiger partial charge is 0.306 e. The van der Waals surface area contributed by atoms with E-state index in [0.717, 1.165) is 5.56 Å². The summed E-state index contributed by atoms with van der Waals surface area (Å²) in [5, 5.41) is 6.59. The molecule has 22 heavy (non-hydrogen) atoms. The fourth-order valence-electron chi connectivity index (χ4n) is 1.83. The number of thiophene rings is 1. The Morgan fingerprint density at radius 2 is 2.05 bits per heavy atom. The normalized spacial score (nSPS) is 10.0. The van der Waals surface area contributed by atoms with Crippen molar-refractivity contribution in [1.82, 2.24) is 0 Å². The van der Waals surface area contributed by atoms with E-state index < -0.39 is 5.91 Å². The van der Waals surface area contributed by atoms with Gasteiger partial charge in [0.15, 0.2) is 6.61 Å². The summed E-state index contributed by atoms with van der Waals surface area (Å²) < 4.78 is 10.1. The zero-order chi connectivity index (χ0) is 15.8. The van der Waals surface area contributed by atoms with Crippen molar-refractivity contribution in [1.29, 1.82) is 0 Å². The van der Waals surface area contributed by atoms with Crippen LogP contribution in [0.5, 0.6) is 5.75 Å². The molecule has 1 aromatic heterocycles. The summed E-state index contributed by atoms with van der Waals surface area (Å²) in [6.45, 7) is -0.305. The zero-order valence-corrected chi connectivity index (χ0v) is 13.0. The molecule has 0 saturated heterocycles. The number of ether oxygens (including phenoxy) is 2. The first-order valence-electron chi connectivity index (χ1n) is 6.78. The van der Waals surface area contributed by atoms with Crippen LogP contribution in [0.25, 0.3) is 0 Å². The molecule has 6 heteroatoms. The van der Waals surface area contributed by atoms with Gasteiger partial charge in [-0.15, -0.1) is 0 Å². The molecule has 0 radical (unpaired) electrons. The van der Waals surface area contributed by atoms with Crippen LogP contribution >= 0.6 is 11.3 Å². The summed E-state index contributed by atoms with van der Waals surface area (Å²) in [5.74, 6) is -0.227. The van der Waals surface area contributed by atoms with E-state index in [0.29, 0.717) is 17.9 Å². The highest BCUT2D eigenvalue weighted by atomic mass is 32.1. The van der Waals surface area contributed by atoms with Crippen LogP contribution in [-0.2, 0) is 20.7 Å². The number of anilines is 1. The molecular weight excluding hydrogens is 302 g/mol. The van der Waals surface area contributed by atoms with Crippen LogP contribution in [0.3, 0.4) is 0 Å². The quantitative estimate of drug-likeness (QED) is 0.797. The molecule has 2 rings (SSSR count). The van der Waals surface area contributed by atoms with Gasteiger partial charge in [-0.2, -0.15) is 11.3 Å². The van der Waals surface area contributed by atoms with E-state index in [1.807, 2.05) is 16.8 Å². The number of methoxy groups -OCH3 is 1. The Morgan fingerprint density at radius 3 is 2.77 bits per heavy atom. The first-order valence-corrected chi connectivity index (χ1v) is 7.73. The van der Waals surface area contributed by atoms with Gasteiger partial charge in [0.05, 0.1) is 12.8 Å². The van der Waals surface area contributed by atoms with E-state index in [2.05, 4.69) is 5.32 Å². The van der Waals surface area contributed by atoms with Crippen molar-refractivity contribution in [3.05, 3.63) is 46.7 Å². The SMILES string of the molecule is COc1ccccc1NC(=O)COC(=O)CCc1ccsc1. The summed E-state index contributed by atoms with van der Waals surface area (Å²) in [6, 6.07) is 9.01. The number of benzene rings is 1. The summed E-state index contributed by atoms with van der Waals surface area (Å²) in [5.41, 5.74) is 1.64. The molecule has 0 aliphatic carbocycles. The van der Waals surface area contributed by atoms with Gasteiger partial charge < -0.3 is 14.8 Å². The lowest BCUT2D eigenvalue weighted by Gasteiger charge is -2.10. The second-order valence-electron chi connectivity index (χ2n) is 4.54. The molecule has 0 spiro atoms. The molecule has 0 unspecified atom stereocenters. The molecule has 0 aliphatic heterocycles. The van der Waals surface area contributed by atoms with E-state index in [9.17, 15) is 9.59 Å². The maximum atomic E-state index is 11.8. The summed E-state index contributed by atoms with van der Waals surface area (Å²) in [4.78, 5) is 23.4. The highest BCUT2D eigenvalue weighted by Gasteiger charge is 2.10. The van der Waals surface area contributed by atoms with Crippen molar-refractivity contribution in [2.45, 2.75) is 12.8 Å². The maximum absolute atomic E-state index is 11.8. The Labute approximate surface area is 132 Å². The molecule has 0 saturated carbocycles. The zero-order valence-electron chi connectivity index (χ0n) is 12.2. The number of aryl methyl sites for hydroxylation is 1. The maximum Gasteiger partial charge on any atom is 0.306 e. The van der Waals surface area contributed by atoms with E-state index in [1.54, 1.807) is 35.6 Å². The Bertz CT molecular complexity index is 625. The predicted molar refractivity (Wildman–Crippen MR) is 85.2 cm³/mol. The van der Waals surface area contributed by atoms with Crippen molar-refractivity contribution in [3.63, 3.8) is 0 Å². The van der Waals surface area contributed by atoms with E-state index >= 15 is 0 Å². The lowest BCUT2D eigenvalue weighted by Crippen LogP contribution is -2.21. The minimum Gasteiger partial charge on any atom is -0.495 e. The number of hydrogen-bond acceptors (Lipinski definition) is 5. The van der Waals surface area contributed by atoms with E-state index in [4.69, 9.17) is 9.47 Å². The number of carbonyl (C=O) groups is 2. The largest absolute Gasteiger partial charge is 0.495 e. The van der Waals surface area contributed by atoms with Gasteiger partial charge in [-0.3, -0.25) is 9.59 Å². The van der Waals surface area contributed by atoms with Crippen LogP contribution in [0.1, 0.15) is 12.0 Å². The third-order valence-electron chi connectivity index (χ3n) is 2.94. The van der Waals surface area contributed by atoms with Crippen molar-refractivity contribution in [3.8, 4) is 5.75 Å². The summed E-state index contributed by atoms with van der Waals surface area (Å²) in [7, 11) is 1.52. The molecular formula is C16H17NO4S. The molecule has 0 bridgehead atoms. The van der Waals surface area contributed by atoms with E-state index in [-0.39, 0.29) is 19.0 Å². The highest BCUT2D eigenvalue weighted by Crippen LogP contribution is 2.22. The molecule has 1 aromatic carbocycles. The molecule has 0 aliphatic rings. The van der Waals surface area contributed by atoms with Gasteiger partial charge in [-0.1, -0.05) is 12.1 Å². The first kappa shape index (κ1) is 16.0.